The van der Waals surface area contributed by atoms with E-state index in [1.54, 1.807) is 7.11 Å². The highest BCUT2D eigenvalue weighted by atomic mass is 16.5. The van der Waals surface area contributed by atoms with Crippen molar-refractivity contribution in [1.29, 1.82) is 5.26 Å². The van der Waals surface area contributed by atoms with Crippen molar-refractivity contribution >= 4 is 0 Å². The molecule has 1 aromatic rings. The maximum atomic E-state index is 8.67. The molecule has 0 aromatic heterocycles. The molecule has 1 saturated carbocycles. The van der Waals surface area contributed by atoms with Gasteiger partial charge in [-0.2, -0.15) is 5.26 Å². The van der Waals surface area contributed by atoms with Crippen LogP contribution in [0, 0.1) is 17.2 Å². The van der Waals surface area contributed by atoms with Gasteiger partial charge in [0.25, 0.3) is 0 Å². The lowest BCUT2D eigenvalue weighted by molar-refractivity contribution is 0.272. The smallest absolute Gasteiger partial charge is 0.123 e. The van der Waals surface area contributed by atoms with E-state index < -0.39 is 0 Å². The Morgan fingerprint density at radius 2 is 2.19 bits per heavy atom. The van der Waals surface area contributed by atoms with Gasteiger partial charge in [-0.3, -0.25) is 0 Å². The predicted octanol–water partition coefficient (Wildman–Crippen LogP) is 2.09. The average Bonchev–Trinajstić information content (AvgIpc) is 2.28. The molecule has 3 nitrogen and oxygen atoms in total. The van der Waals surface area contributed by atoms with Crippen LogP contribution in [0.5, 0.6) is 5.75 Å². The van der Waals surface area contributed by atoms with Crippen LogP contribution in [0.3, 0.4) is 0 Å². The molecule has 0 bridgehead atoms. The molecular weight excluding hydrogens is 200 g/mol. The van der Waals surface area contributed by atoms with Crippen LogP contribution in [0.15, 0.2) is 24.3 Å². The van der Waals surface area contributed by atoms with Crippen LogP contribution in [-0.4, -0.2) is 13.2 Å². The lowest BCUT2D eigenvalue weighted by Crippen LogP contribution is -2.40. The van der Waals surface area contributed by atoms with Crippen molar-refractivity contribution in [3.05, 3.63) is 29.8 Å². The Labute approximate surface area is 96.0 Å². The molecule has 1 N–H and O–H groups in total. The zero-order valence-electron chi connectivity index (χ0n) is 9.44. The van der Waals surface area contributed by atoms with Crippen LogP contribution in [0.25, 0.3) is 0 Å². The summed E-state index contributed by atoms with van der Waals surface area (Å²) in [7, 11) is 1.69. The Bertz CT molecular complexity index is 391. The lowest BCUT2D eigenvalue weighted by atomic mass is 9.81. The number of nitrogens with one attached hydrogen (secondary N) is 1. The van der Waals surface area contributed by atoms with Crippen molar-refractivity contribution in [2.75, 3.05) is 7.11 Å². The molecule has 0 spiro atoms. The largest absolute Gasteiger partial charge is 0.496 e. The fraction of sp³-hybridized carbons (Fsp3) is 0.462. The first-order valence-corrected chi connectivity index (χ1v) is 5.58. The number of rotatable bonds is 4. The highest BCUT2D eigenvalue weighted by molar-refractivity contribution is 5.33. The molecule has 0 unspecified atom stereocenters. The summed E-state index contributed by atoms with van der Waals surface area (Å²) in [5.41, 5.74) is 1.17. The Morgan fingerprint density at radius 3 is 2.88 bits per heavy atom. The fourth-order valence-electron chi connectivity index (χ4n) is 1.99. The van der Waals surface area contributed by atoms with E-state index in [1.165, 1.54) is 5.56 Å². The Kier molecular flexibility index (Phi) is 3.43. The molecule has 0 saturated heterocycles. The quantitative estimate of drug-likeness (QED) is 0.838. The number of para-hydroxylation sites is 1. The number of nitriles is 1. The summed E-state index contributed by atoms with van der Waals surface area (Å²) in [4.78, 5) is 0. The van der Waals surface area contributed by atoms with Crippen LogP contribution < -0.4 is 10.1 Å². The van der Waals surface area contributed by atoms with Crippen LogP contribution in [0.2, 0.25) is 0 Å². The van der Waals surface area contributed by atoms with E-state index in [0.717, 1.165) is 25.1 Å². The minimum Gasteiger partial charge on any atom is -0.496 e. The highest BCUT2D eigenvalue weighted by Gasteiger charge is 2.28. The average molecular weight is 216 g/mol. The summed E-state index contributed by atoms with van der Waals surface area (Å²) in [5, 5.41) is 12.1. The summed E-state index contributed by atoms with van der Waals surface area (Å²) in [6, 6.07) is 10.8. The van der Waals surface area contributed by atoms with Crippen LogP contribution in [0.4, 0.5) is 0 Å². The van der Waals surface area contributed by atoms with Gasteiger partial charge >= 0.3 is 0 Å². The number of nitrogens with zero attached hydrogens (tertiary/aromatic N) is 1. The molecule has 1 aromatic carbocycles. The SMILES string of the molecule is COc1ccccc1CNC1CC(C#N)C1. The zero-order chi connectivity index (χ0) is 11.4. The molecule has 1 fully saturated rings. The van der Waals surface area contributed by atoms with E-state index in [4.69, 9.17) is 10.00 Å². The fourth-order valence-corrected chi connectivity index (χ4v) is 1.99. The summed E-state index contributed by atoms with van der Waals surface area (Å²) < 4.78 is 5.28. The lowest BCUT2D eigenvalue weighted by Gasteiger charge is -2.31. The summed E-state index contributed by atoms with van der Waals surface area (Å²) >= 11 is 0. The number of methoxy groups -OCH3 is 1. The second-order valence-corrected chi connectivity index (χ2v) is 4.19. The minimum absolute atomic E-state index is 0.259. The first-order valence-electron chi connectivity index (χ1n) is 5.58. The van der Waals surface area contributed by atoms with E-state index in [0.29, 0.717) is 6.04 Å². The number of benzene rings is 1. The Balaban J connectivity index is 1.84. The summed E-state index contributed by atoms with van der Waals surface area (Å²) in [6.07, 6.45) is 1.96. The first kappa shape index (κ1) is 11.0. The third-order valence-electron chi connectivity index (χ3n) is 3.09. The number of ether oxygens (including phenoxy) is 1. The van der Waals surface area contributed by atoms with Crippen molar-refractivity contribution in [2.24, 2.45) is 5.92 Å². The molecule has 0 heterocycles. The summed E-state index contributed by atoms with van der Waals surface area (Å²) in [6.45, 7) is 0.812. The van der Waals surface area contributed by atoms with E-state index in [-0.39, 0.29) is 5.92 Å². The Morgan fingerprint density at radius 1 is 1.44 bits per heavy atom. The molecular formula is C13H16N2O. The van der Waals surface area contributed by atoms with Gasteiger partial charge < -0.3 is 10.1 Å². The third kappa shape index (κ3) is 2.34. The zero-order valence-corrected chi connectivity index (χ0v) is 9.44. The monoisotopic (exact) mass is 216 g/mol. The number of hydrogen-bond donors (Lipinski definition) is 1. The minimum atomic E-state index is 0.259. The first-order chi connectivity index (χ1) is 7.83. The second-order valence-electron chi connectivity index (χ2n) is 4.19. The molecule has 0 atom stereocenters. The van der Waals surface area contributed by atoms with Crippen LogP contribution in [0.1, 0.15) is 18.4 Å². The van der Waals surface area contributed by atoms with Crippen LogP contribution >= 0.6 is 0 Å². The van der Waals surface area contributed by atoms with E-state index in [9.17, 15) is 0 Å². The third-order valence-corrected chi connectivity index (χ3v) is 3.09. The molecule has 2 rings (SSSR count). The predicted molar refractivity (Wildman–Crippen MR) is 62.0 cm³/mol. The van der Waals surface area contributed by atoms with Gasteiger partial charge in [-0.25, -0.2) is 0 Å². The van der Waals surface area contributed by atoms with Gasteiger partial charge in [0.1, 0.15) is 5.75 Å². The molecule has 1 aliphatic rings. The van der Waals surface area contributed by atoms with Gasteiger partial charge in [-0.15, -0.1) is 0 Å². The highest BCUT2D eigenvalue weighted by Crippen LogP contribution is 2.27. The van der Waals surface area contributed by atoms with Gasteiger partial charge in [0.15, 0.2) is 0 Å². The molecule has 3 heteroatoms. The van der Waals surface area contributed by atoms with E-state index in [1.807, 2.05) is 18.2 Å². The summed E-state index contributed by atoms with van der Waals surface area (Å²) in [5.74, 6) is 1.18. The molecule has 0 aliphatic heterocycles. The Hall–Kier alpha value is -1.53. The van der Waals surface area contributed by atoms with Crippen molar-refractivity contribution in [1.82, 2.24) is 5.32 Å². The molecule has 16 heavy (non-hydrogen) atoms. The van der Waals surface area contributed by atoms with Crippen molar-refractivity contribution < 1.29 is 4.74 Å². The topological polar surface area (TPSA) is 45.0 Å². The maximum Gasteiger partial charge on any atom is 0.123 e. The van der Waals surface area contributed by atoms with Gasteiger partial charge in [-0.05, 0) is 18.9 Å². The molecule has 84 valence electrons. The van der Waals surface area contributed by atoms with Gasteiger partial charge in [-0.1, -0.05) is 18.2 Å². The van der Waals surface area contributed by atoms with Crippen LogP contribution in [-0.2, 0) is 6.54 Å². The van der Waals surface area contributed by atoms with Crippen molar-refractivity contribution in [2.45, 2.75) is 25.4 Å². The molecule has 1 aliphatic carbocycles. The van der Waals surface area contributed by atoms with Gasteiger partial charge in [0.05, 0.1) is 13.2 Å². The van der Waals surface area contributed by atoms with Crippen molar-refractivity contribution in [3.8, 4) is 11.8 Å². The van der Waals surface area contributed by atoms with Gasteiger partial charge in [0, 0.05) is 24.1 Å². The van der Waals surface area contributed by atoms with E-state index in [2.05, 4.69) is 17.5 Å². The standard InChI is InChI=1S/C13H16N2O/c1-16-13-5-3-2-4-11(13)9-15-12-6-10(7-12)8-14/h2-5,10,12,15H,6-7,9H2,1H3. The number of hydrogen-bond acceptors (Lipinski definition) is 3. The normalized spacial score (nSPS) is 23.2. The van der Waals surface area contributed by atoms with Gasteiger partial charge in [0.2, 0.25) is 0 Å². The second kappa shape index (κ2) is 5.00. The van der Waals surface area contributed by atoms with Crippen molar-refractivity contribution in [3.63, 3.8) is 0 Å². The molecule has 0 radical (unpaired) electrons. The maximum absolute atomic E-state index is 8.67. The molecule has 0 amide bonds. The van der Waals surface area contributed by atoms with E-state index >= 15 is 0 Å².